The molecule has 0 heterocycles. The number of rotatable bonds is 0. The maximum absolute atomic E-state index is 3.56. The zero-order valence-electron chi connectivity index (χ0n) is 5.33. The summed E-state index contributed by atoms with van der Waals surface area (Å²) in [5, 5.41) is 0.481. The van der Waals surface area contributed by atoms with Gasteiger partial charge in [-0.15, -0.1) is 0 Å². The Kier molecular flexibility index (Phi) is 5.72. The van der Waals surface area contributed by atoms with Crippen molar-refractivity contribution >= 4 is 30.5 Å². The zero-order valence-corrected chi connectivity index (χ0v) is 7.81. The minimum Gasteiger partial charge on any atom is -0.0602 e. The van der Waals surface area contributed by atoms with Crippen LogP contribution < -0.4 is 0 Å². The van der Waals surface area contributed by atoms with Gasteiger partial charge in [-0.05, 0) is 18.4 Å². The fraction of sp³-hybridized carbons (Fsp3) is 1.00. The number of halogens is 1. The van der Waals surface area contributed by atoms with Gasteiger partial charge in [0.1, 0.15) is 0 Å². The van der Waals surface area contributed by atoms with Crippen LogP contribution in [0.2, 0.25) is 0 Å². The van der Waals surface area contributed by atoms with Crippen LogP contribution in [-0.2, 0) is 0 Å². The second kappa shape index (κ2) is 3.90. The summed E-state index contributed by atoms with van der Waals surface area (Å²) < 4.78 is 0. The fourth-order valence-corrected chi connectivity index (χ4v) is 0. The van der Waals surface area contributed by atoms with Gasteiger partial charge in [0, 0.05) is 0 Å². The van der Waals surface area contributed by atoms with Crippen molar-refractivity contribution in [1.82, 2.24) is 0 Å². The molecule has 0 saturated heterocycles. The Balaban J connectivity index is 0. The van der Waals surface area contributed by atoms with E-state index < -0.39 is 0 Å². The van der Waals surface area contributed by atoms with Crippen LogP contribution in [0.5, 0.6) is 0 Å². The molecule has 50 valence electrons. The molecule has 0 aliphatic heterocycles. The van der Waals surface area contributed by atoms with E-state index in [0.29, 0.717) is 5.16 Å². The predicted octanol–water partition coefficient (Wildman–Crippen LogP) is 2.02. The van der Waals surface area contributed by atoms with Crippen LogP contribution in [0.15, 0.2) is 0 Å². The maximum atomic E-state index is 3.56. The monoisotopic (exact) mass is 196 g/mol. The first-order valence-corrected chi connectivity index (χ1v) is 6.15. The van der Waals surface area contributed by atoms with Crippen LogP contribution in [0, 0.1) is 0 Å². The lowest BCUT2D eigenvalue weighted by Crippen LogP contribution is -2.06. The number of hydrogen-bond acceptors (Lipinski definition) is 0. The lowest BCUT2D eigenvalue weighted by molar-refractivity contribution is 0.795. The Hall–Kier alpha value is 0.975. The van der Waals surface area contributed by atoms with Crippen molar-refractivity contribution in [1.29, 1.82) is 0 Å². The first-order chi connectivity index (χ1) is 2.94. The van der Waals surface area contributed by atoms with Crippen molar-refractivity contribution in [3.8, 4) is 0 Å². The Bertz CT molecular complexity index is 57.9. The number of hydrogen-bond donors (Lipinski definition) is 0. The van der Waals surface area contributed by atoms with E-state index in [-0.39, 0.29) is 15.0 Å². The molecule has 0 spiro atoms. The molecule has 0 amide bonds. The normalized spacial score (nSPS) is 14.6. The molecule has 0 N–H and O–H groups in total. The maximum Gasteiger partial charge on any atom is 0.0814 e. The molecule has 0 unspecified atom stereocenters. The van der Waals surface area contributed by atoms with Crippen LogP contribution in [0.4, 0.5) is 0 Å². The summed E-state index contributed by atoms with van der Waals surface area (Å²) in [5.41, 5.74) is 0. The molecule has 0 aliphatic carbocycles. The fourth-order valence-electron chi connectivity index (χ4n) is 0. The van der Waals surface area contributed by atoms with E-state index in [9.17, 15) is 0 Å². The highest BCUT2D eigenvalue weighted by molar-refractivity contribution is 9.39. The summed E-state index contributed by atoms with van der Waals surface area (Å²) in [6.07, 6.45) is 0. The molecule has 0 rings (SSSR count). The van der Waals surface area contributed by atoms with Gasteiger partial charge in [0.2, 0.25) is 0 Å². The second-order valence-electron chi connectivity index (χ2n) is 2.65. The van der Waals surface area contributed by atoms with Crippen LogP contribution in [0.25, 0.3) is 0 Å². The smallest absolute Gasteiger partial charge is 0.0602 e. The van der Waals surface area contributed by atoms with Gasteiger partial charge >= 0.3 is 0 Å². The van der Waals surface area contributed by atoms with E-state index in [1.54, 1.807) is 0 Å². The second-order valence-corrected chi connectivity index (χ2v) is 8.14. The highest BCUT2D eigenvalue weighted by Gasteiger charge is 2.15. The Morgan fingerprint density at radius 3 is 1.38 bits per heavy atom. The van der Waals surface area contributed by atoms with Crippen molar-refractivity contribution in [2.45, 2.75) is 25.9 Å². The van der Waals surface area contributed by atoms with E-state index in [4.69, 9.17) is 0 Å². The van der Waals surface area contributed by atoms with Crippen molar-refractivity contribution in [3.63, 3.8) is 0 Å². The topological polar surface area (TPSA) is 0 Å². The predicted molar refractivity (Wildman–Crippen MR) is 51.5 cm³/mol. The molecular weight excluding hydrogens is 182 g/mol. The van der Waals surface area contributed by atoms with E-state index in [2.05, 4.69) is 42.9 Å². The molecule has 0 nitrogen and oxygen atoms in total. The molecule has 0 fully saturated rings. The molecule has 3 heteroatoms. The van der Waals surface area contributed by atoms with Gasteiger partial charge in [0.15, 0.2) is 0 Å². The van der Waals surface area contributed by atoms with Crippen LogP contribution in [0.1, 0.15) is 20.8 Å². The van der Waals surface area contributed by atoms with E-state index in [0.717, 1.165) is 0 Å². The molecule has 0 saturated carbocycles. The molecule has 1 atom stereocenters. The SMILES string of the molecule is B.C[P@@](Br)C(C)(C)C. The lowest BCUT2D eigenvalue weighted by Gasteiger charge is -2.20. The molecule has 0 radical (unpaired) electrons. The standard InChI is InChI=1S/C5H12BrP.BH3/c1-5(2,3)7(4)6;/h1-4H3;1H3/t7-;/m1./s1. The molecule has 0 bridgehead atoms. The third-order valence-electron chi connectivity index (χ3n) is 0.924. The molecule has 8 heavy (non-hydrogen) atoms. The summed E-state index contributed by atoms with van der Waals surface area (Å²) in [6.45, 7) is 9.03. The molecular formula is C5H15BBrP. The Morgan fingerprint density at radius 2 is 1.38 bits per heavy atom. The van der Waals surface area contributed by atoms with Crippen LogP contribution in [-0.4, -0.2) is 20.2 Å². The van der Waals surface area contributed by atoms with Gasteiger partial charge in [0.25, 0.3) is 0 Å². The van der Waals surface area contributed by atoms with Gasteiger partial charge < -0.3 is 0 Å². The molecule has 0 aromatic carbocycles. The molecule has 0 aliphatic rings. The van der Waals surface area contributed by atoms with Gasteiger partial charge in [-0.3, -0.25) is 0 Å². The summed E-state index contributed by atoms with van der Waals surface area (Å²) in [7, 11) is 0. The van der Waals surface area contributed by atoms with Gasteiger partial charge in [0.05, 0.1) is 8.41 Å². The first kappa shape index (κ1) is 11.7. The van der Waals surface area contributed by atoms with E-state index in [1.807, 2.05) is 0 Å². The van der Waals surface area contributed by atoms with Gasteiger partial charge in [-0.25, -0.2) is 0 Å². The molecule has 0 aromatic rings. The van der Waals surface area contributed by atoms with Crippen molar-refractivity contribution in [2.75, 3.05) is 6.66 Å². The largest absolute Gasteiger partial charge is 0.0814 e. The minimum atomic E-state index is 0. The van der Waals surface area contributed by atoms with E-state index >= 15 is 0 Å². The third-order valence-corrected chi connectivity index (χ3v) is 5.96. The third kappa shape index (κ3) is 5.12. The molecule has 0 aromatic heterocycles. The van der Waals surface area contributed by atoms with E-state index in [1.165, 1.54) is 0 Å². The lowest BCUT2D eigenvalue weighted by atomic mass is 10.3. The van der Waals surface area contributed by atoms with Crippen molar-refractivity contribution in [2.24, 2.45) is 0 Å². The quantitative estimate of drug-likeness (QED) is 0.411. The van der Waals surface area contributed by atoms with Crippen LogP contribution >= 0.6 is 22.1 Å². The zero-order chi connectivity index (χ0) is 6.08. The van der Waals surface area contributed by atoms with Crippen molar-refractivity contribution < 1.29 is 0 Å². The Morgan fingerprint density at radius 1 is 1.25 bits per heavy atom. The highest BCUT2D eigenvalue weighted by Crippen LogP contribution is 2.52. The Labute approximate surface area is 63.5 Å². The van der Waals surface area contributed by atoms with Gasteiger partial charge in [-0.2, -0.15) is 0 Å². The average molecular weight is 197 g/mol. The van der Waals surface area contributed by atoms with Crippen molar-refractivity contribution in [3.05, 3.63) is 0 Å². The minimum absolute atomic E-state index is 0. The van der Waals surface area contributed by atoms with Gasteiger partial charge in [-0.1, -0.05) is 36.3 Å². The highest BCUT2D eigenvalue weighted by atomic mass is 79.9. The summed E-state index contributed by atoms with van der Waals surface area (Å²) in [4.78, 5) is 0. The summed E-state index contributed by atoms with van der Waals surface area (Å²) >= 11 is 3.56. The summed E-state index contributed by atoms with van der Waals surface area (Å²) in [5.74, 6) is 0. The van der Waals surface area contributed by atoms with Crippen LogP contribution in [0.3, 0.4) is 0 Å². The average Bonchev–Trinajstić information content (AvgIpc) is 1.31. The summed E-state index contributed by atoms with van der Waals surface area (Å²) in [6, 6.07) is 0. The first-order valence-electron chi connectivity index (χ1n) is 2.34.